The molecular weight excluding hydrogens is 298 g/mol. The summed E-state index contributed by atoms with van der Waals surface area (Å²) in [5.41, 5.74) is 1.21. The molecule has 0 saturated carbocycles. The summed E-state index contributed by atoms with van der Waals surface area (Å²) in [5, 5.41) is 4.32. The Morgan fingerprint density at radius 3 is 3.12 bits per heavy atom. The van der Waals surface area contributed by atoms with E-state index >= 15 is 0 Å². The Morgan fingerprint density at radius 2 is 2.41 bits per heavy atom. The molecule has 1 N–H and O–H groups in total. The number of halogens is 1. The van der Waals surface area contributed by atoms with E-state index in [1.54, 1.807) is 7.11 Å². The third-order valence-electron chi connectivity index (χ3n) is 2.95. The highest BCUT2D eigenvalue weighted by Crippen LogP contribution is 2.26. The minimum Gasteiger partial charge on any atom is -0.496 e. The SMILES string of the molecule is COc1ccc(Br)cc1CNCC1CCCS1. The van der Waals surface area contributed by atoms with Crippen LogP contribution < -0.4 is 10.1 Å². The van der Waals surface area contributed by atoms with Crippen LogP contribution in [0.5, 0.6) is 5.75 Å². The summed E-state index contributed by atoms with van der Waals surface area (Å²) < 4.78 is 6.46. The van der Waals surface area contributed by atoms with E-state index < -0.39 is 0 Å². The Bertz CT molecular complexity index is 366. The lowest BCUT2D eigenvalue weighted by atomic mass is 10.2. The number of rotatable bonds is 5. The minimum atomic E-state index is 0.799. The second kappa shape index (κ2) is 6.66. The number of nitrogens with one attached hydrogen (secondary N) is 1. The molecule has 4 heteroatoms. The fourth-order valence-electron chi connectivity index (χ4n) is 2.06. The van der Waals surface area contributed by atoms with Crippen molar-refractivity contribution < 1.29 is 4.74 Å². The van der Waals surface area contributed by atoms with Gasteiger partial charge >= 0.3 is 0 Å². The molecule has 1 saturated heterocycles. The van der Waals surface area contributed by atoms with Crippen LogP contribution in [-0.2, 0) is 6.54 Å². The van der Waals surface area contributed by atoms with Crippen molar-refractivity contribution in [3.63, 3.8) is 0 Å². The largest absolute Gasteiger partial charge is 0.496 e. The normalized spacial score (nSPS) is 19.5. The maximum Gasteiger partial charge on any atom is 0.123 e. The number of benzene rings is 1. The Labute approximate surface area is 116 Å². The van der Waals surface area contributed by atoms with E-state index in [2.05, 4.69) is 39.1 Å². The zero-order valence-corrected chi connectivity index (χ0v) is 12.4. The van der Waals surface area contributed by atoms with Gasteiger partial charge in [-0.3, -0.25) is 0 Å². The Morgan fingerprint density at radius 1 is 1.53 bits per heavy atom. The molecule has 1 aliphatic heterocycles. The van der Waals surface area contributed by atoms with E-state index in [0.29, 0.717) is 0 Å². The van der Waals surface area contributed by atoms with Crippen LogP contribution in [0.25, 0.3) is 0 Å². The predicted molar refractivity (Wildman–Crippen MR) is 77.9 cm³/mol. The standard InChI is InChI=1S/C13H18BrNOS/c1-16-13-5-4-11(14)7-10(13)8-15-9-12-3-2-6-17-12/h4-5,7,12,15H,2-3,6,8-9H2,1H3. The average molecular weight is 316 g/mol. The minimum absolute atomic E-state index is 0.799. The molecule has 1 heterocycles. The van der Waals surface area contributed by atoms with Crippen LogP contribution in [0.4, 0.5) is 0 Å². The van der Waals surface area contributed by atoms with Crippen molar-refractivity contribution >= 4 is 27.7 Å². The van der Waals surface area contributed by atoms with Crippen LogP contribution in [0.15, 0.2) is 22.7 Å². The summed E-state index contributed by atoms with van der Waals surface area (Å²) in [6, 6.07) is 6.13. The lowest BCUT2D eigenvalue weighted by Crippen LogP contribution is -2.22. The van der Waals surface area contributed by atoms with Crippen LogP contribution >= 0.6 is 27.7 Å². The molecule has 0 bridgehead atoms. The molecule has 2 rings (SSSR count). The van der Waals surface area contributed by atoms with Gasteiger partial charge in [-0.05, 0) is 36.8 Å². The van der Waals surface area contributed by atoms with Crippen molar-refractivity contribution in [3.05, 3.63) is 28.2 Å². The maximum absolute atomic E-state index is 5.36. The smallest absolute Gasteiger partial charge is 0.123 e. The maximum atomic E-state index is 5.36. The molecule has 94 valence electrons. The fraction of sp³-hybridized carbons (Fsp3) is 0.538. The Balaban J connectivity index is 1.86. The van der Waals surface area contributed by atoms with Crippen molar-refractivity contribution in [1.82, 2.24) is 5.32 Å². The Kier molecular flexibility index (Phi) is 5.19. The summed E-state index contributed by atoms with van der Waals surface area (Å²) >= 11 is 5.58. The highest BCUT2D eigenvalue weighted by molar-refractivity contribution is 9.10. The van der Waals surface area contributed by atoms with Crippen LogP contribution in [0.1, 0.15) is 18.4 Å². The van der Waals surface area contributed by atoms with Gasteiger partial charge in [0, 0.05) is 28.4 Å². The van der Waals surface area contributed by atoms with Crippen molar-refractivity contribution in [3.8, 4) is 5.75 Å². The molecule has 1 aromatic rings. The van der Waals surface area contributed by atoms with Crippen LogP contribution in [0.3, 0.4) is 0 Å². The summed E-state index contributed by atoms with van der Waals surface area (Å²) in [7, 11) is 1.72. The number of ether oxygens (including phenoxy) is 1. The second-order valence-electron chi connectivity index (χ2n) is 4.22. The first kappa shape index (κ1) is 13.2. The van der Waals surface area contributed by atoms with Gasteiger partial charge in [-0.15, -0.1) is 0 Å². The zero-order valence-electron chi connectivity index (χ0n) is 10.0. The third-order valence-corrected chi connectivity index (χ3v) is 4.85. The number of thioether (sulfide) groups is 1. The van der Waals surface area contributed by atoms with Gasteiger partial charge in [-0.1, -0.05) is 15.9 Å². The van der Waals surface area contributed by atoms with E-state index in [1.807, 2.05) is 12.1 Å². The third kappa shape index (κ3) is 3.90. The molecule has 1 atom stereocenters. The number of hydrogen-bond acceptors (Lipinski definition) is 3. The molecule has 17 heavy (non-hydrogen) atoms. The average Bonchev–Trinajstić information content (AvgIpc) is 2.82. The van der Waals surface area contributed by atoms with Gasteiger partial charge < -0.3 is 10.1 Å². The van der Waals surface area contributed by atoms with E-state index in [-0.39, 0.29) is 0 Å². The molecule has 1 fully saturated rings. The molecule has 2 nitrogen and oxygen atoms in total. The predicted octanol–water partition coefficient (Wildman–Crippen LogP) is 3.44. The van der Waals surface area contributed by atoms with Crippen molar-refractivity contribution in [1.29, 1.82) is 0 Å². The van der Waals surface area contributed by atoms with Crippen molar-refractivity contribution in [2.45, 2.75) is 24.6 Å². The molecule has 1 aromatic carbocycles. The molecule has 0 spiro atoms. The summed E-state index contributed by atoms with van der Waals surface area (Å²) in [5.74, 6) is 2.28. The van der Waals surface area contributed by atoms with Crippen molar-refractivity contribution in [2.75, 3.05) is 19.4 Å². The Hall–Kier alpha value is -0.190. The number of hydrogen-bond donors (Lipinski definition) is 1. The van der Waals surface area contributed by atoms with E-state index in [4.69, 9.17) is 4.74 Å². The topological polar surface area (TPSA) is 21.3 Å². The summed E-state index contributed by atoms with van der Waals surface area (Å²) in [6.07, 6.45) is 2.73. The van der Waals surface area contributed by atoms with E-state index in [9.17, 15) is 0 Å². The fourth-order valence-corrected chi connectivity index (χ4v) is 3.70. The molecule has 0 radical (unpaired) electrons. The second-order valence-corrected chi connectivity index (χ2v) is 6.55. The van der Waals surface area contributed by atoms with Crippen LogP contribution in [-0.4, -0.2) is 24.7 Å². The van der Waals surface area contributed by atoms with Crippen LogP contribution in [0.2, 0.25) is 0 Å². The zero-order chi connectivity index (χ0) is 12.1. The highest BCUT2D eigenvalue weighted by atomic mass is 79.9. The quantitative estimate of drug-likeness (QED) is 0.899. The number of methoxy groups -OCH3 is 1. The molecular formula is C13H18BrNOS. The first-order chi connectivity index (χ1) is 8.29. The first-order valence-electron chi connectivity index (χ1n) is 5.94. The molecule has 1 unspecified atom stereocenters. The summed E-state index contributed by atoms with van der Waals surface area (Å²) in [6.45, 7) is 1.97. The molecule has 0 amide bonds. The van der Waals surface area contributed by atoms with Gasteiger partial charge in [0.2, 0.25) is 0 Å². The molecule has 0 aliphatic carbocycles. The van der Waals surface area contributed by atoms with Gasteiger partial charge in [-0.2, -0.15) is 11.8 Å². The first-order valence-corrected chi connectivity index (χ1v) is 7.78. The van der Waals surface area contributed by atoms with Gasteiger partial charge in [-0.25, -0.2) is 0 Å². The van der Waals surface area contributed by atoms with Gasteiger partial charge in [0.15, 0.2) is 0 Å². The van der Waals surface area contributed by atoms with Gasteiger partial charge in [0.1, 0.15) is 5.75 Å². The lowest BCUT2D eigenvalue weighted by Gasteiger charge is -2.12. The lowest BCUT2D eigenvalue weighted by molar-refractivity contribution is 0.407. The van der Waals surface area contributed by atoms with Gasteiger partial charge in [0.25, 0.3) is 0 Å². The monoisotopic (exact) mass is 315 g/mol. The van der Waals surface area contributed by atoms with E-state index in [1.165, 1.54) is 24.2 Å². The summed E-state index contributed by atoms with van der Waals surface area (Å²) in [4.78, 5) is 0. The van der Waals surface area contributed by atoms with Crippen molar-refractivity contribution in [2.24, 2.45) is 0 Å². The van der Waals surface area contributed by atoms with Gasteiger partial charge in [0.05, 0.1) is 7.11 Å². The molecule has 0 aromatic heterocycles. The highest BCUT2D eigenvalue weighted by Gasteiger charge is 2.14. The molecule has 1 aliphatic rings. The van der Waals surface area contributed by atoms with Crippen LogP contribution in [0, 0.1) is 0 Å². The van der Waals surface area contributed by atoms with E-state index in [0.717, 1.165) is 28.6 Å².